The zero-order valence-corrected chi connectivity index (χ0v) is 10.6. The summed E-state index contributed by atoms with van der Waals surface area (Å²) in [5, 5.41) is 8.31. The van der Waals surface area contributed by atoms with Crippen molar-refractivity contribution in [3.8, 4) is 0 Å². The molecule has 1 N–H and O–H groups in total. The number of hydrogen-bond acceptors (Lipinski definition) is 4. The van der Waals surface area contributed by atoms with Gasteiger partial charge in [0, 0.05) is 10.9 Å². The van der Waals surface area contributed by atoms with E-state index in [-0.39, 0.29) is 17.8 Å². The van der Waals surface area contributed by atoms with Crippen molar-refractivity contribution in [1.29, 1.82) is 0 Å². The molecule has 0 atom stereocenters. The number of aromatic amines is 1. The van der Waals surface area contributed by atoms with Crippen molar-refractivity contribution in [3.63, 3.8) is 0 Å². The maximum Gasteiger partial charge on any atom is 0.291 e. The van der Waals surface area contributed by atoms with Crippen LogP contribution in [0.4, 0.5) is 0 Å². The summed E-state index contributed by atoms with van der Waals surface area (Å²) in [6.45, 7) is 4.58. The molecule has 0 bridgehead atoms. The first-order valence-electron chi connectivity index (χ1n) is 5.37. The van der Waals surface area contributed by atoms with Crippen LogP contribution in [0.1, 0.15) is 29.3 Å². The van der Waals surface area contributed by atoms with E-state index in [0.717, 1.165) is 4.88 Å². The van der Waals surface area contributed by atoms with Crippen LogP contribution in [0, 0.1) is 0 Å². The zero-order valence-electron chi connectivity index (χ0n) is 9.75. The third kappa shape index (κ3) is 2.71. The minimum absolute atomic E-state index is 0.120. The predicted octanol–water partition coefficient (Wildman–Crippen LogP) is 1.92. The molecule has 0 saturated carbocycles. The number of H-pyrrole nitrogens is 1. The first-order chi connectivity index (χ1) is 8.18. The standard InChI is InChI=1S/C11H14N4OS/c1-8(2)15(6-9-4-3-5-17-9)11(16)10-12-7-13-14-10/h3-5,7-8H,6H2,1-2H3,(H,12,13,14). The fraction of sp³-hybridized carbons (Fsp3) is 0.364. The summed E-state index contributed by atoms with van der Waals surface area (Å²) in [6.07, 6.45) is 1.34. The summed E-state index contributed by atoms with van der Waals surface area (Å²) in [5.41, 5.74) is 0. The molecule has 2 aromatic heterocycles. The molecule has 0 unspecified atom stereocenters. The average molecular weight is 250 g/mol. The Labute approximate surface area is 103 Å². The van der Waals surface area contributed by atoms with Crippen LogP contribution >= 0.6 is 11.3 Å². The summed E-state index contributed by atoms with van der Waals surface area (Å²) in [4.78, 5) is 19.0. The second kappa shape index (κ2) is 5.09. The highest BCUT2D eigenvalue weighted by Gasteiger charge is 2.21. The Bertz CT molecular complexity index is 464. The van der Waals surface area contributed by atoms with Crippen molar-refractivity contribution >= 4 is 17.2 Å². The maximum absolute atomic E-state index is 12.2. The van der Waals surface area contributed by atoms with E-state index in [1.807, 2.05) is 31.4 Å². The number of hydrogen-bond donors (Lipinski definition) is 1. The summed E-state index contributed by atoms with van der Waals surface area (Å²) >= 11 is 1.64. The lowest BCUT2D eigenvalue weighted by Gasteiger charge is -2.25. The van der Waals surface area contributed by atoms with E-state index in [4.69, 9.17) is 0 Å². The fourth-order valence-corrected chi connectivity index (χ4v) is 2.21. The van der Waals surface area contributed by atoms with Crippen LogP contribution in [-0.2, 0) is 6.54 Å². The molecule has 0 aliphatic rings. The lowest BCUT2D eigenvalue weighted by molar-refractivity contribution is 0.0680. The predicted molar refractivity (Wildman–Crippen MR) is 65.7 cm³/mol. The van der Waals surface area contributed by atoms with Gasteiger partial charge in [-0.05, 0) is 25.3 Å². The second-order valence-electron chi connectivity index (χ2n) is 3.94. The maximum atomic E-state index is 12.2. The molecule has 0 fully saturated rings. The van der Waals surface area contributed by atoms with Gasteiger partial charge in [0.2, 0.25) is 5.82 Å². The quantitative estimate of drug-likeness (QED) is 0.901. The average Bonchev–Trinajstić information content (AvgIpc) is 2.97. The van der Waals surface area contributed by atoms with Crippen LogP contribution in [0.3, 0.4) is 0 Å². The molecule has 6 heteroatoms. The number of nitrogens with zero attached hydrogens (tertiary/aromatic N) is 3. The van der Waals surface area contributed by atoms with Crippen LogP contribution in [0.5, 0.6) is 0 Å². The molecule has 17 heavy (non-hydrogen) atoms. The minimum atomic E-state index is -0.120. The van der Waals surface area contributed by atoms with E-state index in [9.17, 15) is 4.79 Å². The SMILES string of the molecule is CC(C)N(Cc1cccs1)C(=O)c1ncn[nH]1. The first kappa shape index (κ1) is 11.8. The van der Waals surface area contributed by atoms with Crippen molar-refractivity contribution in [2.45, 2.75) is 26.4 Å². The van der Waals surface area contributed by atoms with Crippen molar-refractivity contribution < 1.29 is 4.79 Å². The number of carbonyl (C=O) groups excluding carboxylic acids is 1. The Morgan fingerprint density at radius 3 is 2.94 bits per heavy atom. The molecule has 0 aliphatic carbocycles. The third-order valence-electron chi connectivity index (χ3n) is 2.41. The summed E-state index contributed by atoms with van der Waals surface area (Å²) in [7, 11) is 0. The van der Waals surface area contributed by atoms with Crippen LogP contribution in [0.15, 0.2) is 23.8 Å². The van der Waals surface area contributed by atoms with Gasteiger partial charge in [0.1, 0.15) is 6.33 Å². The van der Waals surface area contributed by atoms with Gasteiger partial charge in [-0.2, -0.15) is 5.10 Å². The number of nitrogens with one attached hydrogen (secondary N) is 1. The van der Waals surface area contributed by atoms with Crippen LogP contribution < -0.4 is 0 Å². The molecule has 0 aliphatic heterocycles. The molecule has 0 radical (unpaired) electrons. The fourth-order valence-electron chi connectivity index (χ4n) is 1.50. The molecule has 1 amide bonds. The number of rotatable bonds is 4. The van der Waals surface area contributed by atoms with Crippen LogP contribution in [0.25, 0.3) is 0 Å². The van der Waals surface area contributed by atoms with Gasteiger partial charge >= 0.3 is 0 Å². The van der Waals surface area contributed by atoms with Gasteiger partial charge in [-0.1, -0.05) is 6.07 Å². The molecule has 5 nitrogen and oxygen atoms in total. The molecule has 2 heterocycles. The van der Waals surface area contributed by atoms with E-state index in [2.05, 4.69) is 15.2 Å². The summed E-state index contributed by atoms with van der Waals surface area (Å²) in [5.74, 6) is 0.168. The summed E-state index contributed by atoms with van der Waals surface area (Å²) < 4.78 is 0. The molecule has 2 rings (SSSR count). The highest BCUT2D eigenvalue weighted by Crippen LogP contribution is 2.15. The second-order valence-corrected chi connectivity index (χ2v) is 4.97. The minimum Gasteiger partial charge on any atom is -0.328 e. The molecule has 0 aromatic carbocycles. The van der Waals surface area contributed by atoms with Crippen LogP contribution in [-0.4, -0.2) is 32.0 Å². The lowest BCUT2D eigenvalue weighted by Crippen LogP contribution is -2.36. The Hall–Kier alpha value is -1.69. The smallest absolute Gasteiger partial charge is 0.291 e. The van der Waals surface area contributed by atoms with Gasteiger partial charge < -0.3 is 4.90 Å². The Balaban J connectivity index is 2.15. The van der Waals surface area contributed by atoms with E-state index >= 15 is 0 Å². The van der Waals surface area contributed by atoms with Gasteiger partial charge in [0.05, 0.1) is 6.54 Å². The van der Waals surface area contributed by atoms with Crippen LogP contribution in [0.2, 0.25) is 0 Å². The normalized spacial score (nSPS) is 10.8. The molecule has 0 saturated heterocycles. The Morgan fingerprint density at radius 1 is 1.59 bits per heavy atom. The van der Waals surface area contributed by atoms with E-state index < -0.39 is 0 Å². The largest absolute Gasteiger partial charge is 0.328 e. The van der Waals surface area contributed by atoms with E-state index in [1.165, 1.54) is 6.33 Å². The Morgan fingerprint density at radius 2 is 2.41 bits per heavy atom. The highest BCUT2D eigenvalue weighted by atomic mass is 32.1. The van der Waals surface area contributed by atoms with Crippen molar-refractivity contribution in [3.05, 3.63) is 34.5 Å². The van der Waals surface area contributed by atoms with Gasteiger partial charge in [-0.3, -0.25) is 9.89 Å². The molecule has 0 spiro atoms. The van der Waals surface area contributed by atoms with Gasteiger partial charge in [0.25, 0.3) is 5.91 Å². The Kier molecular flexibility index (Phi) is 3.53. The van der Waals surface area contributed by atoms with E-state index in [1.54, 1.807) is 16.2 Å². The molecule has 2 aromatic rings. The number of thiophene rings is 1. The van der Waals surface area contributed by atoms with Crippen molar-refractivity contribution in [1.82, 2.24) is 20.1 Å². The molecular formula is C11H14N4OS. The number of carbonyl (C=O) groups is 1. The molecule has 90 valence electrons. The van der Waals surface area contributed by atoms with Gasteiger partial charge in [0.15, 0.2) is 0 Å². The highest BCUT2D eigenvalue weighted by molar-refractivity contribution is 7.09. The zero-order chi connectivity index (χ0) is 12.3. The monoisotopic (exact) mass is 250 g/mol. The van der Waals surface area contributed by atoms with Gasteiger partial charge in [-0.25, -0.2) is 4.98 Å². The van der Waals surface area contributed by atoms with Crippen molar-refractivity contribution in [2.75, 3.05) is 0 Å². The topological polar surface area (TPSA) is 61.9 Å². The van der Waals surface area contributed by atoms with E-state index in [0.29, 0.717) is 6.54 Å². The lowest BCUT2D eigenvalue weighted by atomic mass is 10.3. The van der Waals surface area contributed by atoms with Crippen molar-refractivity contribution in [2.24, 2.45) is 0 Å². The molecular weight excluding hydrogens is 236 g/mol. The van der Waals surface area contributed by atoms with Gasteiger partial charge in [-0.15, -0.1) is 11.3 Å². The number of amides is 1. The number of aromatic nitrogens is 3. The first-order valence-corrected chi connectivity index (χ1v) is 6.25. The third-order valence-corrected chi connectivity index (χ3v) is 3.27. The summed E-state index contributed by atoms with van der Waals surface area (Å²) in [6, 6.07) is 4.13.